The predicted molar refractivity (Wildman–Crippen MR) is 75.2 cm³/mol. The zero-order valence-corrected chi connectivity index (χ0v) is 12.2. The fourth-order valence-corrected chi connectivity index (χ4v) is 1.49. The van der Waals surface area contributed by atoms with Crippen molar-refractivity contribution in [3.63, 3.8) is 0 Å². The molecular weight excluding hydrogens is 261 g/mol. The molecule has 0 aromatic heterocycles. The number of nitrogens with one attached hydrogen (secondary N) is 1. The first kappa shape index (κ1) is 16.4. The molecule has 1 rings (SSSR count). The molecule has 20 heavy (non-hydrogen) atoms. The van der Waals surface area contributed by atoms with Crippen LogP contribution in [0.5, 0.6) is 0 Å². The van der Waals surface area contributed by atoms with E-state index < -0.39 is 24.4 Å². The van der Waals surface area contributed by atoms with Gasteiger partial charge < -0.3 is 14.8 Å². The van der Waals surface area contributed by atoms with Gasteiger partial charge in [-0.25, -0.2) is 9.18 Å². The summed E-state index contributed by atoms with van der Waals surface area (Å²) < 4.78 is 23.3. The standard InChI is InChI=1S/C15H22FNO3/c1-15(2,3)20-14(18)17-13(9-16)11-19-10-12-7-5-4-6-8-12/h4-8,13H,9-11H2,1-3H3,(H,17,18)/t13-/m0/s1. The van der Waals surface area contributed by atoms with Crippen molar-refractivity contribution in [1.82, 2.24) is 5.32 Å². The van der Waals surface area contributed by atoms with Gasteiger partial charge in [0.05, 0.1) is 19.3 Å². The molecule has 0 saturated carbocycles. The van der Waals surface area contributed by atoms with Crippen molar-refractivity contribution in [3.8, 4) is 0 Å². The van der Waals surface area contributed by atoms with Crippen molar-refractivity contribution in [2.75, 3.05) is 13.3 Å². The van der Waals surface area contributed by atoms with Gasteiger partial charge in [-0.2, -0.15) is 0 Å². The normalized spacial score (nSPS) is 12.8. The van der Waals surface area contributed by atoms with E-state index in [1.165, 1.54) is 0 Å². The summed E-state index contributed by atoms with van der Waals surface area (Å²) in [6, 6.07) is 8.87. The monoisotopic (exact) mass is 283 g/mol. The third-order valence-corrected chi connectivity index (χ3v) is 2.34. The fourth-order valence-electron chi connectivity index (χ4n) is 1.49. The lowest BCUT2D eigenvalue weighted by Crippen LogP contribution is -2.42. The van der Waals surface area contributed by atoms with E-state index in [4.69, 9.17) is 9.47 Å². The number of benzene rings is 1. The third-order valence-electron chi connectivity index (χ3n) is 2.34. The molecule has 0 fully saturated rings. The van der Waals surface area contributed by atoms with Gasteiger partial charge in [-0.15, -0.1) is 0 Å². The van der Waals surface area contributed by atoms with Crippen LogP contribution in [0.1, 0.15) is 26.3 Å². The molecule has 112 valence electrons. The summed E-state index contributed by atoms with van der Waals surface area (Å²) in [6.07, 6.45) is -0.636. The molecule has 0 radical (unpaired) electrons. The van der Waals surface area contributed by atoms with Crippen LogP contribution >= 0.6 is 0 Å². The van der Waals surface area contributed by atoms with Crippen molar-refractivity contribution in [3.05, 3.63) is 35.9 Å². The van der Waals surface area contributed by atoms with Crippen LogP contribution in [0.3, 0.4) is 0 Å². The van der Waals surface area contributed by atoms with Crippen LogP contribution in [0.15, 0.2) is 30.3 Å². The summed E-state index contributed by atoms with van der Waals surface area (Å²) in [5.74, 6) is 0. The van der Waals surface area contributed by atoms with Crippen molar-refractivity contribution in [2.45, 2.75) is 39.0 Å². The molecule has 0 saturated heterocycles. The Hall–Kier alpha value is -1.62. The molecule has 1 aromatic rings. The predicted octanol–water partition coefficient (Wildman–Crippen LogP) is 3.07. The van der Waals surface area contributed by atoms with E-state index in [0.29, 0.717) is 6.61 Å². The highest BCUT2D eigenvalue weighted by molar-refractivity contribution is 5.68. The zero-order valence-electron chi connectivity index (χ0n) is 12.2. The number of amides is 1. The van der Waals surface area contributed by atoms with Gasteiger partial charge in [0.25, 0.3) is 0 Å². The molecule has 5 heteroatoms. The summed E-state index contributed by atoms with van der Waals surface area (Å²) in [6.45, 7) is 5.04. The van der Waals surface area contributed by atoms with Crippen LogP contribution in [0, 0.1) is 0 Å². The molecule has 1 N–H and O–H groups in total. The maximum absolute atomic E-state index is 12.8. The van der Waals surface area contributed by atoms with Gasteiger partial charge >= 0.3 is 6.09 Å². The number of alkyl halides is 1. The Labute approximate surface area is 119 Å². The minimum Gasteiger partial charge on any atom is -0.444 e. The molecule has 0 spiro atoms. The Morgan fingerprint density at radius 2 is 1.95 bits per heavy atom. The molecule has 1 atom stereocenters. The molecule has 0 aliphatic heterocycles. The number of carbonyl (C=O) groups excluding carboxylic acids is 1. The Balaban J connectivity index is 2.31. The topological polar surface area (TPSA) is 47.6 Å². The van der Waals surface area contributed by atoms with Gasteiger partial charge in [0.15, 0.2) is 0 Å². The first-order valence-electron chi connectivity index (χ1n) is 6.58. The van der Waals surface area contributed by atoms with Gasteiger partial charge in [0.1, 0.15) is 12.3 Å². The number of halogens is 1. The smallest absolute Gasteiger partial charge is 0.408 e. The summed E-state index contributed by atoms with van der Waals surface area (Å²) in [5.41, 5.74) is 0.401. The van der Waals surface area contributed by atoms with Crippen LogP contribution in [0.4, 0.5) is 9.18 Å². The average Bonchev–Trinajstić information content (AvgIpc) is 2.36. The summed E-state index contributed by atoms with van der Waals surface area (Å²) in [4.78, 5) is 11.5. The van der Waals surface area contributed by atoms with Gasteiger partial charge in [-0.05, 0) is 26.3 Å². The Kier molecular flexibility index (Phi) is 6.45. The molecule has 0 aliphatic rings. The number of ether oxygens (including phenoxy) is 2. The molecule has 0 aliphatic carbocycles. The second-order valence-corrected chi connectivity index (χ2v) is 5.50. The molecule has 0 bridgehead atoms. The number of rotatable bonds is 6. The van der Waals surface area contributed by atoms with E-state index in [-0.39, 0.29) is 6.61 Å². The van der Waals surface area contributed by atoms with Crippen molar-refractivity contribution >= 4 is 6.09 Å². The minimum atomic E-state index is -0.700. The van der Waals surface area contributed by atoms with E-state index in [0.717, 1.165) is 5.56 Å². The lowest BCUT2D eigenvalue weighted by atomic mass is 10.2. The van der Waals surface area contributed by atoms with Crippen molar-refractivity contribution in [2.24, 2.45) is 0 Å². The lowest BCUT2D eigenvalue weighted by Gasteiger charge is -2.22. The van der Waals surface area contributed by atoms with Crippen LogP contribution in [0.25, 0.3) is 0 Å². The average molecular weight is 283 g/mol. The maximum atomic E-state index is 12.8. The molecule has 4 nitrogen and oxygen atoms in total. The zero-order chi connectivity index (χ0) is 15.0. The highest BCUT2D eigenvalue weighted by Crippen LogP contribution is 2.07. The fraction of sp³-hybridized carbons (Fsp3) is 0.533. The highest BCUT2D eigenvalue weighted by Gasteiger charge is 2.19. The minimum absolute atomic E-state index is 0.102. The third kappa shape index (κ3) is 7.09. The van der Waals surface area contributed by atoms with Crippen LogP contribution in [-0.4, -0.2) is 31.0 Å². The van der Waals surface area contributed by atoms with E-state index in [2.05, 4.69) is 5.32 Å². The van der Waals surface area contributed by atoms with E-state index in [9.17, 15) is 9.18 Å². The Bertz CT molecular complexity index is 403. The van der Waals surface area contributed by atoms with Crippen LogP contribution < -0.4 is 5.32 Å². The maximum Gasteiger partial charge on any atom is 0.408 e. The number of hydrogen-bond donors (Lipinski definition) is 1. The second-order valence-electron chi connectivity index (χ2n) is 5.50. The summed E-state index contributed by atoms with van der Waals surface area (Å²) in [5, 5.41) is 2.45. The number of carbonyl (C=O) groups is 1. The van der Waals surface area contributed by atoms with Crippen LogP contribution in [-0.2, 0) is 16.1 Å². The van der Waals surface area contributed by atoms with E-state index >= 15 is 0 Å². The Morgan fingerprint density at radius 3 is 2.50 bits per heavy atom. The molecular formula is C15H22FNO3. The van der Waals surface area contributed by atoms with E-state index in [1.807, 2.05) is 30.3 Å². The van der Waals surface area contributed by atoms with Gasteiger partial charge in [0.2, 0.25) is 0 Å². The van der Waals surface area contributed by atoms with Gasteiger partial charge in [-0.3, -0.25) is 0 Å². The SMILES string of the molecule is CC(C)(C)OC(=O)N[C@@H](CF)COCc1ccccc1. The molecule has 1 amide bonds. The van der Waals surface area contributed by atoms with E-state index in [1.54, 1.807) is 20.8 Å². The van der Waals surface area contributed by atoms with Crippen molar-refractivity contribution < 1.29 is 18.7 Å². The second kappa shape index (κ2) is 7.85. The number of alkyl carbamates (subject to hydrolysis) is 1. The lowest BCUT2D eigenvalue weighted by molar-refractivity contribution is 0.0407. The Morgan fingerprint density at radius 1 is 1.30 bits per heavy atom. The molecule has 0 heterocycles. The summed E-state index contributed by atoms with van der Waals surface area (Å²) in [7, 11) is 0. The molecule has 0 unspecified atom stereocenters. The largest absolute Gasteiger partial charge is 0.444 e. The van der Waals surface area contributed by atoms with Crippen LogP contribution in [0.2, 0.25) is 0 Å². The number of hydrogen-bond acceptors (Lipinski definition) is 3. The van der Waals surface area contributed by atoms with Gasteiger partial charge in [0, 0.05) is 0 Å². The van der Waals surface area contributed by atoms with Gasteiger partial charge in [-0.1, -0.05) is 30.3 Å². The first-order chi connectivity index (χ1) is 9.40. The summed E-state index contributed by atoms with van der Waals surface area (Å²) >= 11 is 0. The molecule has 1 aromatic carbocycles. The van der Waals surface area contributed by atoms with Crippen molar-refractivity contribution in [1.29, 1.82) is 0 Å². The highest BCUT2D eigenvalue weighted by atomic mass is 19.1. The quantitative estimate of drug-likeness (QED) is 0.873. The first-order valence-corrected chi connectivity index (χ1v) is 6.58.